The van der Waals surface area contributed by atoms with Crippen LogP contribution in [-0.2, 0) is 22.3 Å². The second-order valence-corrected chi connectivity index (χ2v) is 12.0. The normalized spacial score (nSPS) is 12.7. The minimum atomic E-state index is -3.08. The SMILES string of the molecule is Cc1cc(SCP(C)(=O)O)cc(C)c1Cc1ccc(O)c(NC(=O)OCc2ccccc2)c1. The Bertz CT molecular complexity index is 1150. The van der Waals surface area contributed by atoms with Crippen LogP contribution in [0.2, 0.25) is 0 Å². The Kier molecular flexibility index (Phi) is 8.25. The molecule has 0 aliphatic rings. The van der Waals surface area contributed by atoms with Gasteiger partial charge in [0.25, 0.3) is 0 Å². The van der Waals surface area contributed by atoms with E-state index in [1.54, 1.807) is 12.1 Å². The number of anilines is 1. The van der Waals surface area contributed by atoms with Gasteiger partial charge in [0, 0.05) is 11.6 Å². The largest absolute Gasteiger partial charge is 0.506 e. The van der Waals surface area contributed by atoms with E-state index in [1.165, 1.54) is 18.4 Å². The van der Waals surface area contributed by atoms with E-state index in [4.69, 9.17) is 4.74 Å². The van der Waals surface area contributed by atoms with E-state index in [9.17, 15) is 19.4 Å². The van der Waals surface area contributed by atoms with Crippen LogP contribution in [0.1, 0.15) is 27.8 Å². The first-order chi connectivity index (χ1) is 15.6. The fourth-order valence-electron chi connectivity index (χ4n) is 3.38. The summed E-state index contributed by atoms with van der Waals surface area (Å²) in [6, 6.07) is 18.5. The van der Waals surface area contributed by atoms with Crippen molar-refractivity contribution >= 4 is 30.9 Å². The topological polar surface area (TPSA) is 95.9 Å². The molecule has 0 saturated heterocycles. The van der Waals surface area contributed by atoms with Crippen molar-refractivity contribution in [1.29, 1.82) is 0 Å². The van der Waals surface area contributed by atoms with Gasteiger partial charge >= 0.3 is 6.09 Å². The number of hydrogen-bond acceptors (Lipinski definition) is 5. The van der Waals surface area contributed by atoms with Crippen molar-refractivity contribution in [3.8, 4) is 5.75 Å². The van der Waals surface area contributed by atoms with Gasteiger partial charge in [-0.1, -0.05) is 36.4 Å². The summed E-state index contributed by atoms with van der Waals surface area (Å²) in [5.74, 6) is -0.0383. The highest BCUT2D eigenvalue weighted by Crippen LogP contribution is 2.42. The van der Waals surface area contributed by atoms with Crippen molar-refractivity contribution in [3.63, 3.8) is 0 Å². The molecule has 174 valence electrons. The zero-order valence-corrected chi connectivity index (χ0v) is 20.6. The number of benzene rings is 3. The number of aromatic hydroxyl groups is 1. The molecule has 0 aromatic heterocycles. The lowest BCUT2D eigenvalue weighted by Gasteiger charge is -2.15. The van der Waals surface area contributed by atoms with Crippen molar-refractivity contribution in [2.45, 2.75) is 31.8 Å². The lowest BCUT2D eigenvalue weighted by Crippen LogP contribution is -2.13. The molecule has 1 amide bonds. The third-order valence-corrected chi connectivity index (χ3v) is 8.03. The van der Waals surface area contributed by atoms with Crippen molar-refractivity contribution in [2.75, 3.05) is 17.5 Å². The van der Waals surface area contributed by atoms with Crippen LogP contribution in [0.15, 0.2) is 65.6 Å². The van der Waals surface area contributed by atoms with E-state index in [0.29, 0.717) is 6.42 Å². The maximum absolute atomic E-state index is 12.2. The van der Waals surface area contributed by atoms with Crippen LogP contribution in [0, 0.1) is 13.8 Å². The van der Waals surface area contributed by atoms with E-state index in [0.717, 1.165) is 32.7 Å². The van der Waals surface area contributed by atoms with Gasteiger partial charge in [0.15, 0.2) is 0 Å². The molecule has 3 N–H and O–H groups in total. The Morgan fingerprint density at radius 2 is 1.70 bits per heavy atom. The van der Waals surface area contributed by atoms with Crippen molar-refractivity contribution < 1.29 is 24.1 Å². The van der Waals surface area contributed by atoms with E-state index in [1.807, 2.05) is 62.4 Å². The molecule has 6 nitrogen and oxygen atoms in total. The highest BCUT2D eigenvalue weighted by molar-refractivity contribution is 8.04. The smallest absolute Gasteiger partial charge is 0.412 e. The third-order valence-electron chi connectivity index (χ3n) is 5.03. The van der Waals surface area contributed by atoms with E-state index in [-0.39, 0.29) is 23.5 Å². The van der Waals surface area contributed by atoms with Gasteiger partial charge in [-0.3, -0.25) is 9.88 Å². The predicted octanol–water partition coefficient (Wildman–Crippen LogP) is 6.30. The fraction of sp³-hybridized carbons (Fsp3) is 0.240. The Morgan fingerprint density at radius 3 is 2.33 bits per heavy atom. The minimum Gasteiger partial charge on any atom is -0.506 e. The number of phenolic OH excluding ortho intramolecular Hbond substituents is 1. The van der Waals surface area contributed by atoms with Crippen LogP contribution < -0.4 is 5.32 Å². The highest BCUT2D eigenvalue weighted by atomic mass is 32.2. The summed E-state index contributed by atoms with van der Waals surface area (Å²) in [7, 11) is -3.08. The van der Waals surface area contributed by atoms with Gasteiger partial charge < -0.3 is 14.7 Å². The van der Waals surface area contributed by atoms with Gasteiger partial charge in [-0.15, -0.1) is 11.8 Å². The molecule has 3 aromatic carbocycles. The number of nitrogens with one attached hydrogen (secondary N) is 1. The predicted molar refractivity (Wildman–Crippen MR) is 134 cm³/mol. The van der Waals surface area contributed by atoms with E-state index in [2.05, 4.69) is 5.32 Å². The quantitative estimate of drug-likeness (QED) is 0.197. The molecule has 3 aromatic rings. The Labute approximate surface area is 198 Å². The fourth-order valence-corrected chi connectivity index (χ4v) is 5.45. The molecule has 0 aliphatic heterocycles. The molecule has 0 fully saturated rings. The van der Waals surface area contributed by atoms with Crippen LogP contribution >= 0.6 is 19.1 Å². The monoisotopic (exact) mass is 485 g/mol. The summed E-state index contributed by atoms with van der Waals surface area (Å²) in [6.45, 7) is 5.52. The lowest BCUT2D eigenvalue weighted by molar-refractivity contribution is 0.155. The number of hydrogen-bond donors (Lipinski definition) is 3. The molecule has 3 rings (SSSR count). The molecule has 0 spiro atoms. The zero-order valence-electron chi connectivity index (χ0n) is 18.9. The molecular weight excluding hydrogens is 457 g/mol. The van der Waals surface area contributed by atoms with Crippen LogP contribution in [-0.4, -0.2) is 28.3 Å². The van der Waals surface area contributed by atoms with Gasteiger partial charge in [-0.2, -0.15) is 0 Å². The number of carbonyl (C=O) groups is 1. The molecule has 0 radical (unpaired) electrons. The van der Waals surface area contributed by atoms with Gasteiger partial charge in [0.05, 0.1) is 11.2 Å². The molecule has 8 heteroatoms. The summed E-state index contributed by atoms with van der Waals surface area (Å²) in [5.41, 5.74) is 5.54. The summed E-state index contributed by atoms with van der Waals surface area (Å²) < 4.78 is 16.8. The van der Waals surface area contributed by atoms with Gasteiger partial charge in [-0.25, -0.2) is 4.79 Å². The molecular formula is C25H28NO5PS. The molecule has 1 unspecified atom stereocenters. The van der Waals surface area contributed by atoms with Crippen LogP contribution in [0.25, 0.3) is 0 Å². The van der Waals surface area contributed by atoms with E-state index < -0.39 is 13.5 Å². The number of ether oxygens (including phenoxy) is 1. The Morgan fingerprint density at radius 1 is 1.03 bits per heavy atom. The van der Waals surface area contributed by atoms with Crippen molar-refractivity contribution in [2.24, 2.45) is 0 Å². The van der Waals surface area contributed by atoms with Gasteiger partial charge in [0.1, 0.15) is 12.4 Å². The number of thioether (sulfide) groups is 1. The Hall–Kier alpha value is -2.73. The van der Waals surface area contributed by atoms with Crippen LogP contribution in [0.5, 0.6) is 5.75 Å². The van der Waals surface area contributed by atoms with Crippen molar-refractivity contribution in [3.05, 3.63) is 88.5 Å². The molecule has 33 heavy (non-hydrogen) atoms. The molecule has 0 bridgehead atoms. The number of phenols is 1. The average Bonchev–Trinajstić information content (AvgIpc) is 2.76. The number of aryl methyl sites for hydroxylation is 2. The average molecular weight is 486 g/mol. The number of rotatable bonds is 8. The molecule has 0 aliphatic carbocycles. The van der Waals surface area contributed by atoms with Gasteiger partial charge in [0.2, 0.25) is 7.37 Å². The lowest BCUT2D eigenvalue weighted by atomic mass is 9.96. The van der Waals surface area contributed by atoms with Crippen LogP contribution in [0.3, 0.4) is 0 Å². The first kappa shape index (κ1) is 24.9. The maximum Gasteiger partial charge on any atom is 0.412 e. The highest BCUT2D eigenvalue weighted by Gasteiger charge is 2.14. The molecule has 1 atom stereocenters. The van der Waals surface area contributed by atoms with Gasteiger partial charge in [-0.05, 0) is 72.4 Å². The number of carbonyl (C=O) groups excluding carboxylic acids is 1. The van der Waals surface area contributed by atoms with Crippen LogP contribution in [0.4, 0.5) is 10.5 Å². The maximum atomic E-state index is 12.2. The summed E-state index contributed by atoms with van der Waals surface area (Å²) >= 11 is 1.38. The first-order valence-electron chi connectivity index (χ1n) is 10.4. The minimum absolute atomic E-state index is 0.0383. The summed E-state index contributed by atoms with van der Waals surface area (Å²) in [4.78, 5) is 22.7. The standard InChI is InChI=1S/C25H28NO5PS/c1-17-11-21(33-16-32(3,29)30)12-18(2)22(17)13-20-9-10-24(27)23(14-20)26-25(28)31-15-19-7-5-4-6-8-19/h4-12,14,27H,13,15-16H2,1-3H3,(H,26,28)(H,29,30). The molecule has 0 heterocycles. The van der Waals surface area contributed by atoms with E-state index >= 15 is 0 Å². The zero-order chi connectivity index (χ0) is 24.0. The first-order valence-corrected chi connectivity index (χ1v) is 13.7. The third kappa shape index (κ3) is 7.67. The van der Waals surface area contributed by atoms with Crippen molar-refractivity contribution in [1.82, 2.24) is 0 Å². The summed E-state index contributed by atoms with van der Waals surface area (Å²) in [5, 5.41) is 12.8. The summed E-state index contributed by atoms with van der Waals surface area (Å²) in [6.07, 6.45) is -0.0275. The molecule has 0 saturated carbocycles. The second-order valence-electron chi connectivity index (χ2n) is 8.08. The second kappa shape index (κ2) is 10.9. The number of amides is 1. The Balaban J connectivity index is 1.69.